The highest BCUT2D eigenvalue weighted by molar-refractivity contribution is 5.76. The van der Waals surface area contributed by atoms with Crippen molar-refractivity contribution in [3.63, 3.8) is 0 Å². The number of carbonyl (C=O) groups excluding carboxylic acids is 1. The van der Waals surface area contributed by atoms with Crippen LogP contribution in [0, 0.1) is 5.82 Å². The molecule has 1 aliphatic heterocycles. The predicted octanol–water partition coefficient (Wildman–Crippen LogP) is 3.60. The average molecular weight is 424 g/mol. The van der Waals surface area contributed by atoms with E-state index in [0.717, 1.165) is 31.7 Å². The lowest BCUT2D eigenvalue weighted by Gasteiger charge is -2.34. The van der Waals surface area contributed by atoms with Crippen LogP contribution in [0.25, 0.3) is 11.4 Å². The highest BCUT2D eigenvalue weighted by Gasteiger charge is 2.21. The molecule has 1 fully saturated rings. The van der Waals surface area contributed by atoms with Crippen molar-refractivity contribution in [1.29, 1.82) is 0 Å². The van der Waals surface area contributed by atoms with Crippen LogP contribution in [0.1, 0.15) is 25.2 Å². The average Bonchev–Trinajstić information content (AvgIpc) is 3.28. The summed E-state index contributed by atoms with van der Waals surface area (Å²) in [6.07, 6.45) is 2.44. The van der Waals surface area contributed by atoms with Gasteiger partial charge in [0.25, 0.3) is 0 Å². The zero-order valence-corrected chi connectivity index (χ0v) is 17.4. The zero-order chi connectivity index (χ0) is 21.6. The number of benzene rings is 2. The minimum atomic E-state index is -0.320. The molecule has 2 heterocycles. The molecule has 4 rings (SSSR count). The van der Waals surface area contributed by atoms with Crippen molar-refractivity contribution in [2.75, 3.05) is 25.1 Å². The minimum Gasteiger partial charge on any atom is -0.497 e. The van der Waals surface area contributed by atoms with E-state index in [4.69, 9.17) is 9.26 Å². The summed E-state index contributed by atoms with van der Waals surface area (Å²) < 4.78 is 23.5. The number of aromatic nitrogens is 2. The molecule has 0 bridgehead atoms. The first kappa shape index (κ1) is 20.8. The lowest BCUT2D eigenvalue weighted by atomic mass is 10.0. The molecule has 1 saturated heterocycles. The lowest BCUT2D eigenvalue weighted by molar-refractivity contribution is -0.122. The Kier molecular flexibility index (Phi) is 6.45. The first-order chi connectivity index (χ1) is 15.1. The molecular formula is C23H25FN4O3. The van der Waals surface area contributed by atoms with E-state index in [2.05, 4.69) is 32.5 Å². The fourth-order valence-electron chi connectivity index (χ4n) is 3.67. The van der Waals surface area contributed by atoms with Crippen LogP contribution >= 0.6 is 0 Å². The maximum atomic E-state index is 13.0. The molecule has 1 aromatic heterocycles. The van der Waals surface area contributed by atoms with Gasteiger partial charge in [0.15, 0.2) is 0 Å². The van der Waals surface area contributed by atoms with Crippen LogP contribution in [0.2, 0.25) is 0 Å². The van der Waals surface area contributed by atoms with Crippen molar-refractivity contribution in [2.24, 2.45) is 0 Å². The second-order valence-electron chi connectivity index (χ2n) is 7.55. The normalized spacial score (nSPS) is 14.5. The Morgan fingerprint density at radius 2 is 1.87 bits per heavy atom. The van der Waals surface area contributed by atoms with Gasteiger partial charge in [0.05, 0.1) is 7.11 Å². The van der Waals surface area contributed by atoms with E-state index in [-0.39, 0.29) is 24.2 Å². The van der Waals surface area contributed by atoms with E-state index in [9.17, 15) is 9.18 Å². The molecule has 0 spiro atoms. The summed E-state index contributed by atoms with van der Waals surface area (Å²) >= 11 is 0. The third kappa shape index (κ3) is 5.39. The van der Waals surface area contributed by atoms with Gasteiger partial charge in [-0.05, 0) is 61.4 Å². The quantitative estimate of drug-likeness (QED) is 0.624. The Labute approximate surface area is 180 Å². The number of amides is 1. The summed E-state index contributed by atoms with van der Waals surface area (Å²) in [5, 5.41) is 7.01. The molecule has 1 N–H and O–H groups in total. The first-order valence-electron chi connectivity index (χ1n) is 10.4. The van der Waals surface area contributed by atoms with E-state index in [1.807, 2.05) is 12.1 Å². The summed E-state index contributed by atoms with van der Waals surface area (Å²) in [5.41, 5.74) is 1.84. The van der Waals surface area contributed by atoms with Crippen molar-refractivity contribution >= 4 is 11.6 Å². The van der Waals surface area contributed by atoms with Crippen LogP contribution < -0.4 is 15.0 Å². The van der Waals surface area contributed by atoms with Gasteiger partial charge in [-0.25, -0.2) is 4.39 Å². The van der Waals surface area contributed by atoms with Gasteiger partial charge in [-0.15, -0.1) is 0 Å². The Balaban J connectivity index is 1.21. The molecule has 31 heavy (non-hydrogen) atoms. The minimum absolute atomic E-state index is 0.0237. The summed E-state index contributed by atoms with van der Waals surface area (Å²) in [4.78, 5) is 19.0. The largest absolute Gasteiger partial charge is 0.497 e. The summed E-state index contributed by atoms with van der Waals surface area (Å²) in [7, 11) is 1.66. The molecule has 162 valence electrons. The van der Waals surface area contributed by atoms with Gasteiger partial charge in [0.2, 0.25) is 17.6 Å². The molecule has 1 aliphatic rings. The monoisotopic (exact) mass is 424 g/mol. The summed E-state index contributed by atoms with van der Waals surface area (Å²) in [5.74, 6) is 1.28. The van der Waals surface area contributed by atoms with E-state index in [0.29, 0.717) is 23.7 Å². The van der Waals surface area contributed by atoms with E-state index in [1.54, 1.807) is 19.2 Å². The number of anilines is 1. The Bertz CT molecular complexity index is 996. The molecule has 1 amide bonds. The fourth-order valence-corrected chi connectivity index (χ4v) is 3.67. The number of ether oxygens (including phenoxy) is 1. The third-order valence-corrected chi connectivity index (χ3v) is 5.43. The second-order valence-corrected chi connectivity index (χ2v) is 7.55. The van der Waals surface area contributed by atoms with Crippen molar-refractivity contribution in [3.8, 4) is 17.1 Å². The number of aryl methyl sites for hydroxylation is 1. The van der Waals surface area contributed by atoms with Crippen LogP contribution in [-0.2, 0) is 11.2 Å². The number of carbonyl (C=O) groups is 1. The van der Waals surface area contributed by atoms with Gasteiger partial charge in [0, 0.05) is 43.2 Å². The van der Waals surface area contributed by atoms with Gasteiger partial charge >= 0.3 is 0 Å². The lowest BCUT2D eigenvalue weighted by Crippen LogP contribution is -2.44. The number of nitrogens with one attached hydrogen (secondary N) is 1. The smallest absolute Gasteiger partial charge is 0.227 e. The molecule has 0 atom stereocenters. The number of nitrogens with zero attached hydrogens (tertiary/aromatic N) is 3. The summed E-state index contributed by atoms with van der Waals surface area (Å²) in [6, 6.07) is 14.1. The van der Waals surface area contributed by atoms with Crippen LogP contribution in [0.4, 0.5) is 10.1 Å². The molecule has 0 saturated carbocycles. The maximum absolute atomic E-state index is 13.0. The Morgan fingerprint density at radius 3 is 2.55 bits per heavy atom. The molecule has 3 aromatic rings. The van der Waals surface area contributed by atoms with E-state index >= 15 is 0 Å². The molecule has 0 radical (unpaired) electrons. The van der Waals surface area contributed by atoms with Gasteiger partial charge in [0.1, 0.15) is 11.6 Å². The van der Waals surface area contributed by atoms with E-state index in [1.165, 1.54) is 17.8 Å². The molecule has 0 unspecified atom stereocenters. The second kappa shape index (κ2) is 9.59. The van der Waals surface area contributed by atoms with Crippen LogP contribution in [0.15, 0.2) is 53.1 Å². The zero-order valence-electron chi connectivity index (χ0n) is 17.4. The van der Waals surface area contributed by atoms with E-state index < -0.39 is 0 Å². The standard InChI is InChI=1S/C23H25FN4O3/c1-30-20-8-6-19(7-9-20)28-14-12-18(13-15-28)25-21(29)10-11-22-26-23(27-31-22)16-2-4-17(24)5-3-16/h2-9,18H,10-15H2,1H3,(H,25,29). The third-order valence-electron chi connectivity index (χ3n) is 5.43. The number of methoxy groups -OCH3 is 1. The van der Waals surface area contributed by atoms with Crippen LogP contribution in [0.3, 0.4) is 0 Å². The highest BCUT2D eigenvalue weighted by atomic mass is 19.1. The Morgan fingerprint density at radius 1 is 1.16 bits per heavy atom. The van der Waals surface area contributed by atoms with Crippen molar-refractivity contribution < 1.29 is 18.4 Å². The number of hydrogen-bond acceptors (Lipinski definition) is 6. The van der Waals surface area contributed by atoms with Crippen molar-refractivity contribution in [3.05, 3.63) is 60.2 Å². The number of piperidine rings is 1. The molecule has 2 aromatic carbocycles. The number of hydrogen-bond donors (Lipinski definition) is 1. The van der Waals surface area contributed by atoms with Crippen LogP contribution in [-0.4, -0.2) is 42.3 Å². The maximum Gasteiger partial charge on any atom is 0.227 e. The van der Waals surface area contributed by atoms with Crippen LogP contribution in [0.5, 0.6) is 5.75 Å². The fraction of sp³-hybridized carbons (Fsp3) is 0.348. The Hall–Kier alpha value is -3.42. The van der Waals surface area contributed by atoms with Gasteiger partial charge in [-0.2, -0.15) is 4.98 Å². The SMILES string of the molecule is COc1ccc(N2CCC(NC(=O)CCc3nc(-c4ccc(F)cc4)no3)CC2)cc1. The topological polar surface area (TPSA) is 80.5 Å². The summed E-state index contributed by atoms with van der Waals surface area (Å²) in [6.45, 7) is 1.78. The number of halogens is 1. The molecule has 8 heteroatoms. The molecular weight excluding hydrogens is 399 g/mol. The predicted molar refractivity (Wildman–Crippen MR) is 114 cm³/mol. The van der Waals surface area contributed by atoms with Gasteiger partial charge < -0.3 is 19.5 Å². The highest BCUT2D eigenvalue weighted by Crippen LogP contribution is 2.23. The molecule has 0 aliphatic carbocycles. The van der Waals surface area contributed by atoms with Crippen molar-refractivity contribution in [1.82, 2.24) is 15.5 Å². The molecule has 7 nitrogen and oxygen atoms in total. The van der Waals surface area contributed by atoms with Crippen molar-refractivity contribution in [2.45, 2.75) is 31.7 Å². The van der Waals surface area contributed by atoms with Gasteiger partial charge in [-0.3, -0.25) is 4.79 Å². The van der Waals surface area contributed by atoms with Gasteiger partial charge in [-0.1, -0.05) is 5.16 Å². The first-order valence-corrected chi connectivity index (χ1v) is 10.4. The number of rotatable bonds is 7.